The number of amides is 1. The van der Waals surface area contributed by atoms with E-state index in [9.17, 15) is 27.6 Å². The van der Waals surface area contributed by atoms with E-state index in [0.717, 1.165) is 22.7 Å². The number of benzene rings is 2. The van der Waals surface area contributed by atoms with Gasteiger partial charge in [0.25, 0.3) is 0 Å². The molecule has 39 heavy (non-hydrogen) atoms. The second-order valence-electron chi connectivity index (χ2n) is 8.97. The Labute approximate surface area is 226 Å². The zero-order valence-corrected chi connectivity index (χ0v) is 21.7. The Morgan fingerprint density at radius 1 is 1.13 bits per heavy atom. The van der Waals surface area contributed by atoms with Crippen molar-refractivity contribution in [1.82, 2.24) is 5.01 Å². The average molecular weight is 569 g/mol. The summed E-state index contributed by atoms with van der Waals surface area (Å²) in [5, 5.41) is 5.98. The number of hydrogen-bond acceptors (Lipinski definition) is 8. The van der Waals surface area contributed by atoms with Crippen LogP contribution in [-0.2, 0) is 41.4 Å². The number of alkyl halides is 3. The minimum Gasteiger partial charge on any atom is -0.469 e. The fraction of sp³-hybridized carbons (Fsp3) is 0.385. The number of fused-ring (bicyclic) bond motifs is 3. The molecule has 0 fully saturated rings. The van der Waals surface area contributed by atoms with Crippen LogP contribution in [0.15, 0.2) is 47.6 Å². The first-order chi connectivity index (χ1) is 18.5. The molecule has 1 amide bonds. The zero-order valence-electron chi connectivity index (χ0n) is 20.9. The molecule has 1 aliphatic carbocycles. The van der Waals surface area contributed by atoms with Gasteiger partial charge in [0.05, 0.1) is 20.1 Å². The summed E-state index contributed by atoms with van der Waals surface area (Å²) in [6, 6.07) is 10.1. The van der Waals surface area contributed by atoms with E-state index in [1.165, 1.54) is 26.4 Å². The topological polar surface area (TPSA) is 104 Å². The summed E-state index contributed by atoms with van der Waals surface area (Å²) in [4.78, 5) is 38.2. The van der Waals surface area contributed by atoms with E-state index in [0.29, 0.717) is 16.1 Å². The third-order valence-corrected chi connectivity index (χ3v) is 6.72. The second-order valence-corrected chi connectivity index (χ2v) is 9.40. The van der Waals surface area contributed by atoms with Gasteiger partial charge >= 0.3 is 18.3 Å². The summed E-state index contributed by atoms with van der Waals surface area (Å²) < 4.78 is 56.8. The van der Waals surface area contributed by atoms with Crippen LogP contribution in [0.1, 0.15) is 29.5 Å². The Hall–Kier alpha value is -3.64. The number of methoxy groups -OCH3 is 2. The maximum absolute atomic E-state index is 13.1. The van der Waals surface area contributed by atoms with Gasteiger partial charge in [-0.15, -0.1) is 13.2 Å². The van der Waals surface area contributed by atoms with Crippen LogP contribution in [-0.4, -0.2) is 61.5 Å². The van der Waals surface area contributed by atoms with E-state index in [4.69, 9.17) is 25.8 Å². The number of carbonyl (C=O) groups is 3. The molecule has 4 rings (SSSR count). The predicted molar refractivity (Wildman–Crippen MR) is 131 cm³/mol. The lowest BCUT2D eigenvalue weighted by atomic mass is 9.94. The molecule has 2 aliphatic rings. The molecule has 0 aromatic heterocycles. The molecule has 0 bridgehead atoms. The Bertz CT molecular complexity index is 1300. The van der Waals surface area contributed by atoms with Crippen molar-refractivity contribution in [3.63, 3.8) is 0 Å². The van der Waals surface area contributed by atoms with Crippen molar-refractivity contribution in [2.75, 3.05) is 21.0 Å². The molecule has 0 N–H and O–H groups in total. The molecule has 1 heterocycles. The largest absolute Gasteiger partial charge is 0.573 e. The molecule has 1 aliphatic heterocycles. The van der Waals surface area contributed by atoms with Crippen LogP contribution < -0.4 is 4.74 Å². The maximum Gasteiger partial charge on any atom is 0.573 e. The van der Waals surface area contributed by atoms with Gasteiger partial charge in [0, 0.05) is 23.4 Å². The number of halogens is 4. The van der Waals surface area contributed by atoms with Gasteiger partial charge in [0.15, 0.2) is 0 Å². The highest BCUT2D eigenvalue weighted by Crippen LogP contribution is 2.38. The van der Waals surface area contributed by atoms with Crippen LogP contribution in [0.25, 0.3) is 0 Å². The highest BCUT2D eigenvalue weighted by atomic mass is 35.5. The Balaban J connectivity index is 1.47. The normalized spacial score (nSPS) is 18.9. The minimum atomic E-state index is -4.82. The highest BCUT2D eigenvalue weighted by Gasteiger charge is 2.55. The molecule has 13 heteroatoms. The molecule has 9 nitrogen and oxygen atoms in total. The summed E-state index contributed by atoms with van der Waals surface area (Å²) in [5.74, 6) is -2.84. The Kier molecular flexibility index (Phi) is 8.17. The van der Waals surface area contributed by atoms with E-state index in [-0.39, 0.29) is 43.9 Å². The molecule has 0 radical (unpaired) electrons. The van der Waals surface area contributed by atoms with E-state index in [1.54, 1.807) is 18.2 Å². The molecular formula is C26H24ClF3N2O7. The summed E-state index contributed by atoms with van der Waals surface area (Å²) >= 11 is 6.11. The highest BCUT2D eigenvalue weighted by molar-refractivity contribution is 6.31. The number of esters is 2. The number of ether oxygens (including phenoxy) is 4. The summed E-state index contributed by atoms with van der Waals surface area (Å²) in [5.41, 5.74) is 0.602. The van der Waals surface area contributed by atoms with Crippen molar-refractivity contribution in [2.24, 2.45) is 11.0 Å². The first kappa shape index (κ1) is 28.4. The maximum atomic E-state index is 13.1. The third kappa shape index (κ3) is 6.17. The standard InChI is InChI=1S/C26H24ClF3N2O7/c1-36-23(34)16(11-15-3-7-19(8-4-15)39-26(28,29)30)5-10-21(33)32-14-38-25(24(35)37-2)13-17-12-18(27)6-9-20(17)22(25)31-32/h3-4,6-9,12,16H,5,10-11,13-14H2,1-2H3. The second kappa shape index (κ2) is 11.2. The zero-order chi connectivity index (χ0) is 28.4. The van der Waals surface area contributed by atoms with E-state index < -0.39 is 35.7 Å². The van der Waals surface area contributed by atoms with Gasteiger partial charge in [0.1, 0.15) is 18.2 Å². The van der Waals surface area contributed by atoms with Crippen molar-refractivity contribution in [1.29, 1.82) is 0 Å². The minimum absolute atomic E-state index is 0.0714. The van der Waals surface area contributed by atoms with Gasteiger partial charge in [-0.2, -0.15) is 5.10 Å². The van der Waals surface area contributed by atoms with Crippen LogP contribution in [0.4, 0.5) is 13.2 Å². The molecule has 0 saturated carbocycles. The van der Waals surface area contributed by atoms with Crippen molar-refractivity contribution in [3.8, 4) is 5.75 Å². The molecule has 208 valence electrons. The van der Waals surface area contributed by atoms with Crippen molar-refractivity contribution < 1.29 is 46.5 Å². The molecule has 0 spiro atoms. The molecule has 2 aromatic carbocycles. The smallest absolute Gasteiger partial charge is 0.469 e. The van der Waals surface area contributed by atoms with E-state index >= 15 is 0 Å². The van der Waals surface area contributed by atoms with Crippen molar-refractivity contribution >= 4 is 35.2 Å². The van der Waals surface area contributed by atoms with Crippen LogP contribution in [0.2, 0.25) is 5.02 Å². The molecule has 2 atom stereocenters. The van der Waals surface area contributed by atoms with Gasteiger partial charge in [-0.3, -0.25) is 9.59 Å². The van der Waals surface area contributed by atoms with Gasteiger partial charge in [0.2, 0.25) is 11.5 Å². The molecule has 0 saturated heterocycles. The van der Waals surface area contributed by atoms with Crippen LogP contribution in [0.5, 0.6) is 5.75 Å². The van der Waals surface area contributed by atoms with Gasteiger partial charge in [-0.1, -0.05) is 29.8 Å². The lowest BCUT2D eigenvalue weighted by Crippen LogP contribution is -2.54. The number of nitrogens with zero attached hydrogens (tertiary/aromatic N) is 2. The van der Waals surface area contributed by atoms with E-state index in [2.05, 4.69) is 9.84 Å². The quantitative estimate of drug-likeness (QED) is 0.443. The molecule has 2 unspecified atom stereocenters. The summed E-state index contributed by atoms with van der Waals surface area (Å²) in [6.07, 6.45) is -4.59. The Morgan fingerprint density at radius 2 is 1.85 bits per heavy atom. The molecular weight excluding hydrogens is 545 g/mol. The summed E-state index contributed by atoms with van der Waals surface area (Å²) in [6.45, 7) is -0.317. The van der Waals surface area contributed by atoms with Crippen LogP contribution >= 0.6 is 11.6 Å². The fourth-order valence-electron chi connectivity index (χ4n) is 4.61. The average Bonchev–Trinajstić information content (AvgIpc) is 3.23. The lowest BCUT2D eigenvalue weighted by molar-refractivity contribution is -0.274. The first-order valence-corrected chi connectivity index (χ1v) is 12.2. The molecule has 2 aromatic rings. The third-order valence-electron chi connectivity index (χ3n) is 6.48. The van der Waals surface area contributed by atoms with Crippen molar-refractivity contribution in [2.45, 2.75) is 37.6 Å². The number of hydrogen-bond donors (Lipinski definition) is 0. The number of carbonyl (C=O) groups excluding carboxylic acids is 3. The predicted octanol–water partition coefficient (Wildman–Crippen LogP) is 4.04. The van der Waals surface area contributed by atoms with Gasteiger partial charge < -0.3 is 18.9 Å². The summed E-state index contributed by atoms with van der Waals surface area (Å²) in [7, 11) is 2.44. The van der Waals surface area contributed by atoms with Crippen LogP contribution in [0, 0.1) is 5.92 Å². The SMILES string of the molecule is COC(=O)C(CCC(=O)N1COC2(C(=O)OC)Cc3cc(Cl)ccc3C2=N1)Cc1ccc(OC(F)(F)F)cc1. The van der Waals surface area contributed by atoms with Crippen molar-refractivity contribution in [3.05, 3.63) is 64.2 Å². The first-order valence-electron chi connectivity index (χ1n) is 11.8. The lowest BCUT2D eigenvalue weighted by Gasteiger charge is -2.34. The monoisotopic (exact) mass is 568 g/mol. The number of hydrazone groups is 1. The van der Waals surface area contributed by atoms with Gasteiger partial charge in [-0.05, 0) is 48.2 Å². The van der Waals surface area contributed by atoms with E-state index in [1.807, 2.05) is 0 Å². The number of rotatable bonds is 8. The fourth-order valence-corrected chi connectivity index (χ4v) is 4.81. The Morgan fingerprint density at radius 3 is 2.49 bits per heavy atom. The van der Waals surface area contributed by atoms with Crippen LogP contribution in [0.3, 0.4) is 0 Å². The van der Waals surface area contributed by atoms with Gasteiger partial charge in [-0.25, -0.2) is 9.80 Å².